The molecule has 1 aromatic carbocycles. The van der Waals surface area contributed by atoms with E-state index in [1.54, 1.807) is 12.1 Å². The van der Waals surface area contributed by atoms with Crippen LogP contribution in [0.25, 0.3) is 0 Å². The summed E-state index contributed by atoms with van der Waals surface area (Å²) in [5.74, 6) is -0.834. The molecule has 1 saturated carbocycles. The highest BCUT2D eigenvalue weighted by atomic mass is 19.1. The van der Waals surface area contributed by atoms with E-state index in [2.05, 4.69) is 4.90 Å². The maximum Gasteiger partial charge on any atom is 0.310 e. The first-order chi connectivity index (χ1) is 16.9. The van der Waals surface area contributed by atoms with Crippen LogP contribution in [-0.4, -0.2) is 61.0 Å². The molecule has 2 aliphatic heterocycles. The Bertz CT molecular complexity index is 883. The van der Waals surface area contributed by atoms with Crippen LogP contribution in [0.1, 0.15) is 68.1 Å². The van der Waals surface area contributed by atoms with Gasteiger partial charge in [-0.3, -0.25) is 14.4 Å². The van der Waals surface area contributed by atoms with E-state index in [0.717, 1.165) is 51.7 Å². The van der Waals surface area contributed by atoms with Crippen molar-refractivity contribution in [2.45, 2.75) is 63.4 Å². The van der Waals surface area contributed by atoms with E-state index in [0.29, 0.717) is 50.4 Å². The van der Waals surface area contributed by atoms with Gasteiger partial charge in [0.05, 0.1) is 5.92 Å². The highest BCUT2D eigenvalue weighted by Crippen LogP contribution is 2.38. The number of ether oxygens (including phenoxy) is 2. The van der Waals surface area contributed by atoms with Gasteiger partial charge in [-0.15, -0.1) is 0 Å². The second-order valence-electron chi connectivity index (χ2n) is 10.4. The summed E-state index contributed by atoms with van der Waals surface area (Å²) in [5.41, 5.74) is 5.12. The molecular formula is C27H37FN2O5. The quantitative estimate of drug-likeness (QED) is 0.444. The second-order valence-corrected chi connectivity index (χ2v) is 10.4. The summed E-state index contributed by atoms with van der Waals surface area (Å²) in [4.78, 5) is 40.0. The number of nitrogens with two attached hydrogens (primary N) is 1. The van der Waals surface area contributed by atoms with Crippen LogP contribution in [0.2, 0.25) is 0 Å². The molecule has 0 aromatic heterocycles. The van der Waals surface area contributed by atoms with Gasteiger partial charge in [0.25, 0.3) is 5.91 Å². The number of benzene rings is 1. The van der Waals surface area contributed by atoms with Crippen molar-refractivity contribution in [3.05, 3.63) is 35.6 Å². The lowest BCUT2D eigenvalue weighted by Gasteiger charge is -2.39. The number of hydrogen-bond donors (Lipinski definition) is 1. The molecule has 1 aromatic rings. The van der Waals surface area contributed by atoms with Gasteiger partial charge < -0.3 is 20.1 Å². The number of carbonyl (C=O) groups is 3. The van der Waals surface area contributed by atoms with E-state index < -0.39 is 11.5 Å². The number of halogens is 1. The summed E-state index contributed by atoms with van der Waals surface area (Å²) in [6, 6.07) is 5.82. The van der Waals surface area contributed by atoms with Gasteiger partial charge in [0.1, 0.15) is 5.82 Å². The van der Waals surface area contributed by atoms with Gasteiger partial charge in [-0.1, -0.05) is 0 Å². The van der Waals surface area contributed by atoms with Gasteiger partial charge in [-0.25, -0.2) is 4.39 Å². The first kappa shape index (κ1) is 25.8. The number of primary amides is 1. The van der Waals surface area contributed by atoms with Crippen molar-refractivity contribution in [1.82, 2.24) is 4.90 Å². The summed E-state index contributed by atoms with van der Waals surface area (Å²) >= 11 is 0. The Hall–Kier alpha value is -2.32. The monoisotopic (exact) mass is 488 g/mol. The maximum atomic E-state index is 13.1. The number of likely N-dealkylation sites (tertiary alicyclic amines) is 1. The van der Waals surface area contributed by atoms with Gasteiger partial charge in [0.2, 0.25) is 0 Å². The van der Waals surface area contributed by atoms with Gasteiger partial charge in [-0.2, -0.15) is 0 Å². The first-order valence-electron chi connectivity index (χ1n) is 13.0. The fourth-order valence-corrected chi connectivity index (χ4v) is 5.67. The molecule has 2 saturated heterocycles. The Labute approximate surface area is 206 Å². The van der Waals surface area contributed by atoms with Crippen molar-refractivity contribution in [2.75, 3.05) is 32.8 Å². The van der Waals surface area contributed by atoms with Crippen molar-refractivity contribution < 1.29 is 28.2 Å². The van der Waals surface area contributed by atoms with Crippen LogP contribution in [0.5, 0.6) is 0 Å². The van der Waals surface area contributed by atoms with Crippen LogP contribution in [0.15, 0.2) is 24.3 Å². The SMILES string of the molecule is NC(=O)C1(OC(=O)C2CCOCC2)CCC(CCN2CCC(C(=O)c3ccc(F)cc3)CC2)CC1. The lowest BCUT2D eigenvalue weighted by Crippen LogP contribution is -2.51. The first-order valence-corrected chi connectivity index (χ1v) is 13.0. The largest absolute Gasteiger partial charge is 0.449 e. The predicted octanol–water partition coefficient (Wildman–Crippen LogP) is 3.49. The summed E-state index contributed by atoms with van der Waals surface area (Å²) in [6.45, 7) is 3.79. The lowest BCUT2D eigenvalue weighted by molar-refractivity contribution is -0.178. The fourth-order valence-electron chi connectivity index (χ4n) is 5.67. The minimum atomic E-state index is -1.18. The summed E-state index contributed by atoms with van der Waals surface area (Å²) in [7, 11) is 0. The molecule has 0 unspecified atom stereocenters. The Morgan fingerprint density at radius 2 is 1.60 bits per heavy atom. The van der Waals surface area contributed by atoms with Gasteiger partial charge in [0.15, 0.2) is 11.4 Å². The predicted molar refractivity (Wildman–Crippen MR) is 128 cm³/mol. The van der Waals surface area contributed by atoms with Crippen LogP contribution in [-0.2, 0) is 19.1 Å². The summed E-state index contributed by atoms with van der Waals surface area (Å²) < 4.78 is 24.2. The zero-order valence-electron chi connectivity index (χ0n) is 20.4. The number of amides is 1. The Morgan fingerprint density at radius 3 is 2.20 bits per heavy atom. The minimum absolute atomic E-state index is 0.00649. The zero-order chi connectivity index (χ0) is 24.8. The van der Waals surface area contributed by atoms with E-state index >= 15 is 0 Å². The molecule has 1 aliphatic carbocycles. The van der Waals surface area contributed by atoms with Gasteiger partial charge in [-0.05, 0) is 108 Å². The van der Waals surface area contributed by atoms with Crippen LogP contribution in [0, 0.1) is 23.6 Å². The molecule has 2 N–H and O–H groups in total. The highest BCUT2D eigenvalue weighted by Gasteiger charge is 2.45. The van der Waals surface area contributed by atoms with Crippen molar-refractivity contribution in [2.24, 2.45) is 23.5 Å². The molecule has 8 heteroatoms. The average Bonchev–Trinajstić information content (AvgIpc) is 2.89. The van der Waals surface area contributed by atoms with Crippen molar-refractivity contribution in [3.63, 3.8) is 0 Å². The van der Waals surface area contributed by atoms with Gasteiger partial charge >= 0.3 is 5.97 Å². The van der Waals surface area contributed by atoms with Gasteiger partial charge in [0, 0.05) is 24.7 Å². The zero-order valence-corrected chi connectivity index (χ0v) is 20.4. The Morgan fingerprint density at radius 1 is 0.971 bits per heavy atom. The Kier molecular flexibility index (Phi) is 8.55. The number of nitrogens with zero attached hydrogens (tertiary/aromatic N) is 1. The number of Topliss-reactive ketones (excluding diaryl/α,β-unsaturated/α-hetero) is 1. The second kappa shape index (κ2) is 11.6. The van der Waals surface area contributed by atoms with Crippen molar-refractivity contribution >= 4 is 17.7 Å². The number of rotatable bonds is 8. The number of ketones is 1. The molecule has 3 aliphatic rings. The number of esters is 1. The van der Waals surface area contributed by atoms with Crippen LogP contribution < -0.4 is 5.73 Å². The lowest BCUT2D eigenvalue weighted by atomic mass is 9.76. The highest BCUT2D eigenvalue weighted by molar-refractivity contribution is 5.97. The fraction of sp³-hybridized carbons (Fsp3) is 0.667. The van der Waals surface area contributed by atoms with Crippen LogP contribution in [0.4, 0.5) is 4.39 Å². The average molecular weight is 489 g/mol. The molecule has 0 spiro atoms. The molecule has 1 amide bonds. The molecular weight excluding hydrogens is 451 g/mol. The smallest absolute Gasteiger partial charge is 0.310 e. The van der Waals surface area contributed by atoms with E-state index in [-0.39, 0.29) is 29.4 Å². The topological polar surface area (TPSA) is 98.9 Å². The van der Waals surface area contributed by atoms with Crippen molar-refractivity contribution in [1.29, 1.82) is 0 Å². The molecule has 4 rings (SSSR count). The standard InChI is InChI=1S/C27H37FN2O5/c28-23-3-1-20(2-4-23)24(31)21-8-15-30(16-9-21)14-7-19-5-12-27(13-6-19,26(29)33)35-25(32)22-10-17-34-18-11-22/h1-4,19,21-22H,5-18H2,(H2,29,33). The molecule has 0 atom stereocenters. The molecule has 2 heterocycles. The van der Waals surface area contributed by atoms with E-state index in [4.69, 9.17) is 15.2 Å². The molecule has 3 fully saturated rings. The summed E-state index contributed by atoms with van der Waals surface area (Å²) in [6.07, 6.45) is 6.48. The Balaban J connectivity index is 1.20. The number of hydrogen-bond acceptors (Lipinski definition) is 6. The maximum absolute atomic E-state index is 13.1. The summed E-state index contributed by atoms with van der Waals surface area (Å²) in [5, 5.41) is 0. The van der Waals surface area contributed by atoms with E-state index in [1.807, 2.05) is 0 Å². The van der Waals surface area contributed by atoms with Crippen LogP contribution in [0.3, 0.4) is 0 Å². The molecule has 0 bridgehead atoms. The molecule has 192 valence electrons. The number of carbonyl (C=O) groups excluding carboxylic acids is 3. The normalized spacial score (nSPS) is 26.8. The van der Waals surface area contributed by atoms with E-state index in [9.17, 15) is 18.8 Å². The third kappa shape index (κ3) is 6.47. The number of piperidine rings is 1. The molecule has 35 heavy (non-hydrogen) atoms. The third-order valence-electron chi connectivity index (χ3n) is 8.15. The molecule has 7 nitrogen and oxygen atoms in total. The van der Waals surface area contributed by atoms with E-state index in [1.165, 1.54) is 12.1 Å². The van der Waals surface area contributed by atoms with Crippen molar-refractivity contribution in [3.8, 4) is 0 Å². The third-order valence-corrected chi connectivity index (χ3v) is 8.15. The van der Waals surface area contributed by atoms with Crippen LogP contribution >= 0.6 is 0 Å². The minimum Gasteiger partial charge on any atom is -0.449 e. The molecule has 0 radical (unpaired) electrons.